The molecular formula is C8H18N2O4. The zero-order valence-electron chi connectivity index (χ0n) is 8.67. The fourth-order valence-corrected chi connectivity index (χ4v) is 0.669. The van der Waals surface area contributed by atoms with Crippen molar-refractivity contribution in [2.45, 2.75) is 0 Å². The van der Waals surface area contributed by atoms with Crippen molar-refractivity contribution in [2.24, 2.45) is 0 Å². The number of rotatable bonds is 9. The summed E-state index contributed by atoms with van der Waals surface area (Å²) in [6.45, 7) is 2.24. The van der Waals surface area contributed by atoms with Crippen LogP contribution in [0.2, 0.25) is 0 Å². The predicted molar refractivity (Wildman–Crippen MR) is 50.7 cm³/mol. The normalized spacial score (nSPS) is 10.1. The molecule has 0 aliphatic heterocycles. The number of hydrogen-bond acceptors (Lipinski definition) is 5. The second kappa shape index (κ2) is 10.4. The third kappa shape index (κ3) is 9.40. The summed E-state index contributed by atoms with van der Waals surface area (Å²) in [6, 6.07) is 0. The molecule has 0 bridgehead atoms. The Morgan fingerprint density at radius 2 is 1.86 bits per heavy atom. The van der Waals surface area contributed by atoms with Crippen LogP contribution in [0.3, 0.4) is 0 Å². The highest BCUT2D eigenvalue weighted by molar-refractivity contribution is 5.76. The van der Waals surface area contributed by atoms with Crippen molar-refractivity contribution in [3.8, 4) is 0 Å². The molecule has 6 nitrogen and oxygen atoms in total. The number of hydrogen-bond donors (Lipinski definition) is 2. The highest BCUT2D eigenvalue weighted by Crippen LogP contribution is 1.71. The van der Waals surface area contributed by atoms with E-state index < -0.39 is 0 Å². The van der Waals surface area contributed by atoms with Gasteiger partial charge in [0.05, 0.1) is 26.4 Å². The van der Waals surface area contributed by atoms with Crippen LogP contribution in [0.5, 0.6) is 0 Å². The van der Waals surface area contributed by atoms with Gasteiger partial charge in [-0.15, -0.1) is 0 Å². The SMILES string of the molecule is COCCNCC(=O)NOCCOC. The van der Waals surface area contributed by atoms with Crippen LogP contribution in [0, 0.1) is 0 Å². The van der Waals surface area contributed by atoms with E-state index in [1.54, 1.807) is 14.2 Å². The first-order chi connectivity index (χ1) is 6.81. The van der Waals surface area contributed by atoms with Crippen LogP contribution in [-0.2, 0) is 19.1 Å². The quantitative estimate of drug-likeness (QED) is 0.371. The molecule has 0 aromatic heterocycles. The van der Waals surface area contributed by atoms with E-state index in [4.69, 9.17) is 14.3 Å². The topological polar surface area (TPSA) is 68.8 Å². The van der Waals surface area contributed by atoms with Gasteiger partial charge in [-0.1, -0.05) is 0 Å². The Morgan fingerprint density at radius 1 is 1.14 bits per heavy atom. The minimum absolute atomic E-state index is 0.211. The lowest BCUT2D eigenvalue weighted by molar-refractivity contribution is -0.133. The zero-order valence-corrected chi connectivity index (χ0v) is 8.67. The van der Waals surface area contributed by atoms with Crippen molar-refractivity contribution in [3.63, 3.8) is 0 Å². The van der Waals surface area contributed by atoms with Gasteiger partial charge in [0.15, 0.2) is 0 Å². The average Bonchev–Trinajstić information content (AvgIpc) is 2.19. The average molecular weight is 206 g/mol. The smallest absolute Gasteiger partial charge is 0.257 e. The maximum absolute atomic E-state index is 11.0. The lowest BCUT2D eigenvalue weighted by Gasteiger charge is -2.06. The number of methoxy groups -OCH3 is 2. The van der Waals surface area contributed by atoms with Gasteiger partial charge < -0.3 is 14.8 Å². The Hall–Kier alpha value is -0.690. The molecule has 0 saturated carbocycles. The number of carbonyl (C=O) groups is 1. The Balaban J connectivity index is 3.11. The van der Waals surface area contributed by atoms with Gasteiger partial charge in [0.1, 0.15) is 0 Å². The van der Waals surface area contributed by atoms with Gasteiger partial charge in [-0.3, -0.25) is 9.63 Å². The third-order valence-corrected chi connectivity index (χ3v) is 1.34. The molecule has 14 heavy (non-hydrogen) atoms. The summed E-state index contributed by atoms with van der Waals surface area (Å²) >= 11 is 0. The fourth-order valence-electron chi connectivity index (χ4n) is 0.669. The van der Waals surface area contributed by atoms with E-state index in [-0.39, 0.29) is 12.5 Å². The van der Waals surface area contributed by atoms with Crippen LogP contribution < -0.4 is 10.8 Å². The van der Waals surface area contributed by atoms with Crippen molar-refractivity contribution < 1.29 is 19.1 Å². The molecule has 0 saturated heterocycles. The van der Waals surface area contributed by atoms with E-state index in [1.165, 1.54) is 0 Å². The monoisotopic (exact) mass is 206 g/mol. The highest BCUT2D eigenvalue weighted by Gasteiger charge is 1.98. The van der Waals surface area contributed by atoms with E-state index in [0.29, 0.717) is 26.4 Å². The molecular weight excluding hydrogens is 188 g/mol. The van der Waals surface area contributed by atoms with Gasteiger partial charge >= 0.3 is 0 Å². The first kappa shape index (κ1) is 13.3. The second-order valence-corrected chi connectivity index (χ2v) is 2.54. The van der Waals surface area contributed by atoms with Gasteiger partial charge in [0.2, 0.25) is 0 Å². The number of ether oxygens (including phenoxy) is 2. The largest absolute Gasteiger partial charge is 0.383 e. The molecule has 0 radical (unpaired) electrons. The molecule has 0 heterocycles. The lowest BCUT2D eigenvalue weighted by Crippen LogP contribution is -2.35. The van der Waals surface area contributed by atoms with Crippen LogP contribution >= 0.6 is 0 Å². The van der Waals surface area contributed by atoms with Crippen LogP contribution in [0.4, 0.5) is 0 Å². The Labute approximate surface area is 83.8 Å². The lowest BCUT2D eigenvalue weighted by atomic mass is 10.6. The molecule has 0 aromatic carbocycles. The van der Waals surface area contributed by atoms with E-state index >= 15 is 0 Å². The first-order valence-corrected chi connectivity index (χ1v) is 4.40. The molecule has 2 N–H and O–H groups in total. The Kier molecular flexibility index (Phi) is 9.88. The maximum Gasteiger partial charge on any atom is 0.257 e. The summed E-state index contributed by atoms with van der Waals surface area (Å²) in [5.74, 6) is -0.211. The molecule has 1 amide bonds. The van der Waals surface area contributed by atoms with Crippen LogP contribution in [-0.4, -0.2) is 53.0 Å². The molecule has 0 aliphatic rings. The number of carbonyl (C=O) groups excluding carboxylic acids is 1. The fraction of sp³-hybridized carbons (Fsp3) is 0.875. The van der Waals surface area contributed by atoms with Crippen molar-refractivity contribution in [1.29, 1.82) is 0 Å². The molecule has 0 aliphatic carbocycles. The minimum atomic E-state index is -0.211. The standard InChI is InChI=1S/C8H18N2O4/c1-12-4-3-9-7-8(11)10-14-6-5-13-2/h9H,3-7H2,1-2H3,(H,10,11). The third-order valence-electron chi connectivity index (χ3n) is 1.34. The molecule has 0 aromatic rings. The van der Waals surface area contributed by atoms with E-state index in [2.05, 4.69) is 10.8 Å². The maximum atomic E-state index is 11.0. The van der Waals surface area contributed by atoms with E-state index in [9.17, 15) is 4.79 Å². The summed E-state index contributed by atoms with van der Waals surface area (Å²) < 4.78 is 9.52. The summed E-state index contributed by atoms with van der Waals surface area (Å²) in [5, 5.41) is 2.88. The van der Waals surface area contributed by atoms with Gasteiger partial charge in [0, 0.05) is 20.8 Å². The highest BCUT2D eigenvalue weighted by atomic mass is 16.7. The van der Waals surface area contributed by atoms with Gasteiger partial charge in [0.25, 0.3) is 5.91 Å². The Morgan fingerprint density at radius 3 is 2.50 bits per heavy atom. The van der Waals surface area contributed by atoms with Crippen molar-refractivity contribution >= 4 is 5.91 Å². The van der Waals surface area contributed by atoms with Gasteiger partial charge in [-0.05, 0) is 0 Å². The van der Waals surface area contributed by atoms with Crippen LogP contribution in [0.1, 0.15) is 0 Å². The van der Waals surface area contributed by atoms with Gasteiger partial charge in [-0.2, -0.15) is 0 Å². The second-order valence-electron chi connectivity index (χ2n) is 2.54. The predicted octanol–water partition coefficient (Wildman–Crippen LogP) is -1.08. The van der Waals surface area contributed by atoms with Crippen molar-refractivity contribution in [3.05, 3.63) is 0 Å². The van der Waals surface area contributed by atoms with Crippen LogP contribution in [0.25, 0.3) is 0 Å². The van der Waals surface area contributed by atoms with Crippen LogP contribution in [0.15, 0.2) is 0 Å². The number of hydroxylamine groups is 1. The Bertz CT molecular complexity index is 129. The van der Waals surface area contributed by atoms with E-state index in [1.807, 2.05) is 0 Å². The molecule has 0 fully saturated rings. The summed E-state index contributed by atoms with van der Waals surface area (Å²) in [4.78, 5) is 15.8. The molecule has 6 heteroatoms. The summed E-state index contributed by atoms with van der Waals surface area (Å²) in [6.07, 6.45) is 0. The number of amides is 1. The van der Waals surface area contributed by atoms with Crippen molar-refractivity contribution in [1.82, 2.24) is 10.8 Å². The zero-order chi connectivity index (χ0) is 10.6. The van der Waals surface area contributed by atoms with Gasteiger partial charge in [-0.25, -0.2) is 5.48 Å². The summed E-state index contributed by atoms with van der Waals surface area (Å²) in [7, 11) is 3.17. The molecule has 0 rings (SSSR count). The van der Waals surface area contributed by atoms with Crippen molar-refractivity contribution in [2.75, 3.05) is 47.1 Å². The molecule has 0 atom stereocenters. The molecule has 0 spiro atoms. The first-order valence-electron chi connectivity index (χ1n) is 4.40. The van der Waals surface area contributed by atoms with E-state index in [0.717, 1.165) is 0 Å². The minimum Gasteiger partial charge on any atom is -0.383 e. The number of nitrogens with one attached hydrogen (secondary N) is 2. The summed E-state index contributed by atoms with van der Waals surface area (Å²) in [5.41, 5.74) is 2.27. The molecule has 84 valence electrons. The molecule has 0 unspecified atom stereocenters.